The van der Waals surface area contributed by atoms with E-state index in [-0.39, 0.29) is 41.6 Å². The standard InChI is InChI=1S/C19H29N3O5S.Li/c1-21-8-10-22(11-9-21)7-2-12-28(25,26)20-17-6-5-16(19(23)24)13-18(17)27-14-15-3-4-15;/h5-6,13,15,20H,2-4,7-12,14H2,1H3,(H,23,24);/q;+1/p-1. The first-order valence-electron chi connectivity index (χ1n) is 9.72. The van der Waals surface area contributed by atoms with Crippen LogP contribution in [0.15, 0.2) is 18.2 Å². The number of piperazine rings is 1. The van der Waals surface area contributed by atoms with Gasteiger partial charge >= 0.3 is 18.9 Å². The van der Waals surface area contributed by atoms with E-state index in [0.29, 0.717) is 18.9 Å². The van der Waals surface area contributed by atoms with Crippen molar-refractivity contribution < 1.29 is 41.9 Å². The first-order valence-corrected chi connectivity index (χ1v) is 11.4. The number of nitrogens with zero attached hydrogens (tertiary/aromatic N) is 2. The van der Waals surface area contributed by atoms with Crippen molar-refractivity contribution in [1.82, 2.24) is 9.80 Å². The average molecular weight is 417 g/mol. The number of carbonyl (C=O) groups excluding carboxylic acids is 1. The molecule has 0 radical (unpaired) electrons. The third kappa shape index (κ3) is 7.83. The van der Waals surface area contributed by atoms with Crippen LogP contribution in [-0.4, -0.2) is 76.3 Å². The van der Waals surface area contributed by atoms with E-state index in [1.165, 1.54) is 18.2 Å². The maximum absolute atomic E-state index is 12.5. The van der Waals surface area contributed by atoms with Crippen molar-refractivity contribution in [1.29, 1.82) is 0 Å². The van der Waals surface area contributed by atoms with Gasteiger partial charge in [0.15, 0.2) is 0 Å². The molecule has 1 N–H and O–H groups in total. The zero-order chi connectivity index (χ0) is 20.1. The molecule has 3 rings (SSSR count). The summed E-state index contributed by atoms with van der Waals surface area (Å²) < 4.78 is 33.2. The van der Waals surface area contributed by atoms with Gasteiger partial charge in [-0.15, -0.1) is 0 Å². The van der Waals surface area contributed by atoms with Crippen LogP contribution in [0.1, 0.15) is 29.6 Å². The van der Waals surface area contributed by atoms with Gasteiger partial charge in [-0.1, -0.05) is 6.07 Å². The summed E-state index contributed by atoms with van der Waals surface area (Å²) in [7, 11) is -1.47. The molecule has 29 heavy (non-hydrogen) atoms. The smallest absolute Gasteiger partial charge is 0.545 e. The van der Waals surface area contributed by atoms with Gasteiger partial charge in [0.1, 0.15) is 5.75 Å². The molecule has 2 fully saturated rings. The molecule has 2 aliphatic rings. The Morgan fingerprint density at radius 2 is 1.93 bits per heavy atom. The average Bonchev–Trinajstić information content (AvgIpc) is 3.46. The van der Waals surface area contributed by atoms with Gasteiger partial charge in [-0.05, 0) is 50.9 Å². The quantitative estimate of drug-likeness (QED) is 0.411. The molecule has 0 unspecified atom stereocenters. The first-order chi connectivity index (χ1) is 13.3. The number of aromatic carboxylic acids is 1. The summed E-state index contributed by atoms with van der Waals surface area (Å²) in [5, 5.41) is 11.1. The van der Waals surface area contributed by atoms with Gasteiger partial charge in [-0.25, -0.2) is 8.42 Å². The van der Waals surface area contributed by atoms with E-state index in [9.17, 15) is 18.3 Å². The number of carboxylic acid groups (broad SMARTS) is 1. The second-order valence-electron chi connectivity index (χ2n) is 7.67. The minimum Gasteiger partial charge on any atom is -0.545 e. The van der Waals surface area contributed by atoms with E-state index < -0.39 is 16.0 Å². The maximum Gasteiger partial charge on any atom is 1.00 e. The minimum atomic E-state index is -3.55. The van der Waals surface area contributed by atoms with Crippen molar-refractivity contribution in [2.75, 3.05) is 56.9 Å². The summed E-state index contributed by atoms with van der Waals surface area (Å²) >= 11 is 0. The predicted octanol–water partition coefficient (Wildman–Crippen LogP) is -2.78. The molecule has 0 atom stereocenters. The second kappa shape index (κ2) is 10.7. The number of ether oxygens (including phenoxy) is 1. The van der Waals surface area contributed by atoms with Crippen molar-refractivity contribution in [2.24, 2.45) is 5.92 Å². The fourth-order valence-corrected chi connectivity index (χ4v) is 4.23. The van der Waals surface area contributed by atoms with E-state index in [4.69, 9.17) is 4.74 Å². The Balaban J connectivity index is 0.00000300. The summed E-state index contributed by atoms with van der Waals surface area (Å²) in [5.41, 5.74) is 0.231. The largest absolute Gasteiger partial charge is 1.00 e. The molecule has 0 spiro atoms. The fourth-order valence-electron chi connectivity index (χ4n) is 3.11. The molecule has 1 saturated heterocycles. The van der Waals surface area contributed by atoms with Gasteiger partial charge in [0, 0.05) is 31.7 Å². The van der Waals surface area contributed by atoms with Crippen LogP contribution in [0.5, 0.6) is 5.75 Å². The maximum atomic E-state index is 12.5. The molecule has 1 aliphatic carbocycles. The summed E-state index contributed by atoms with van der Waals surface area (Å²) in [6, 6.07) is 4.06. The van der Waals surface area contributed by atoms with E-state index in [2.05, 4.69) is 21.6 Å². The van der Waals surface area contributed by atoms with Crippen LogP contribution in [0.3, 0.4) is 0 Å². The van der Waals surface area contributed by atoms with Gasteiger partial charge < -0.3 is 24.4 Å². The van der Waals surface area contributed by atoms with Crippen molar-refractivity contribution in [3.8, 4) is 5.75 Å². The molecule has 1 aromatic carbocycles. The van der Waals surface area contributed by atoms with E-state index in [0.717, 1.165) is 45.6 Å². The van der Waals surface area contributed by atoms with Crippen LogP contribution in [-0.2, 0) is 10.0 Å². The number of anilines is 1. The molecule has 0 amide bonds. The zero-order valence-corrected chi connectivity index (χ0v) is 18.0. The van der Waals surface area contributed by atoms with Gasteiger partial charge in [0.05, 0.1) is 24.0 Å². The van der Waals surface area contributed by atoms with Crippen LogP contribution < -0.4 is 33.4 Å². The summed E-state index contributed by atoms with van der Waals surface area (Å²) in [4.78, 5) is 15.6. The predicted molar refractivity (Wildman–Crippen MR) is 105 cm³/mol. The molecule has 1 heterocycles. The van der Waals surface area contributed by atoms with Gasteiger partial charge in [-0.2, -0.15) is 0 Å². The number of rotatable bonds is 10. The summed E-state index contributed by atoms with van der Waals surface area (Å²) in [5.74, 6) is -0.627. The van der Waals surface area contributed by atoms with E-state index in [1.807, 2.05) is 0 Å². The van der Waals surface area contributed by atoms with E-state index >= 15 is 0 Å². The van der Waals surface area contributed by atoms with Crippen LogP contribution in [0.25, 0.3) is 0 Å². The molecule has 1 aliphatic heterocycles. The molecule has 156 valence electrons. The Hall–Kier alpha value is -1.24. The molecule has 1 aromatic rings. The Morgan fingerprint density at radius 1 is 1.24 bits per heavy atom. The SMILES string of the molecule is CN1CCN(CCCS(=O)(=O)Nc2ccc(C(=O)[O-])cc2OCC2CC2)CC1.[Li+]. The number of likely N-dealkylation sites (N-methyl/N-ethyl adjacent to an activating group) is 1. The molecule has 1 saturated carbocycles. The van der Waals surface area contributed by atoms with Crippen LogP contribution in [0.4, 0.5) is 5.69 Å². The Bertz CT molecular complexity index is 793. The van der Waals surface area contributed by atoms with Crippen LogP contribution in [0.2, 0.25) is 0 Å². The molecular formula is C19H28LiN3O5S. The topological polar surface area (TPSA) is 102 Å². The molecule has 10 heteroatoms. The number of sulfonamides is 1. The number of benzene rings is 1. The Morgan fingerprint density at radius 3 is 2.55 bits per heavy atom. The number of hydrogen-bond acceptors (Lipinski definition) is 7. The van der Waals surface area contributed by atoms with Crippen molar-refractivity contribution in [3.63, 3.8) is 0 Å². The summed E-state index contributed by atoms with van der Waals surface area (Å²) in [6.45, 7) is 5.09. The minimum absolute atomic E-state index is 0. The third-order valence-corrected chi connectivity index (χ3v) is 6.49. The van der Waals surface area contributed by atoms with Gasteiger partial charge in [-0.3, -0.25) is 4.72 Å². The number of carboxylic acids is 1. The van der Waals surface area contributed by atoms with Crippen LogP contribution >= 0.6 is 0 Å². The molecule has 0 aromatic heterocycles. The summed E-state index contributed by atoms with van der Waals surface area (Å²) in [6.07, 6.45) is 2.69. The number of carbonyl (C=O) groups is 1. The van der Waals surface area contributed by atoms with Gasteiger partial charge in [0.25, 0.3) is 0 Å². The van der Waals surface area contributed by atoms with Crippen molar-refractivity contribution in [3.05, 3.63) is 23.8 Å². The molecule has 8 nitrogen and oxygen atoms in total. The monoisotopic (exact) mass is 417 g/mol. The molecule has 0 bridgehead atoms. The zero-order valence-electron chi connectivity index (χ0n) is 17.2. The normalized spacial score (nSPS) is 18.1. The van der Waals surface area contributed by atoms with Crippen LogP contribution in [0, 0.1) is 5.92 Å². The van der Waals surface area contributed by atoms with E-state index in [1.54, 1.807) is 0 Å². The Labute approximate surface area is 184 Å². The third-order valence-electron chi connectivity index (χ3n) is 5.14. The van der Waals surface area contributed by atoms with Gasteiger partial charge in [0.2, 0.25) is 10.0 Å². The molecular weight excluding hydrogens is 389 g/mol. The Kier molecular flexibility index (Phi) is 8.86. The fraction of sp³-hybridized carbons (Fsp3) is 0.632. The second-order valence-corrected chi connectivity index (χ2v) is 9.51. The number of hydrogen-bond donors (Lipinski definition) is 1. The number of nitrogens with one attached hydrogen (secondary N) is 1. The van der Waals surface area contributed by atoms with Crippen molar-refractivity contribution in [2.45, 2.75) is 19.3 Å². The first kappa shape index (κ1) is 24.0. The van der Waals surface area contributed by atoms with Crippen molar-refractivity contribution >= 4 is 21.7 Å².